The Morgan fingerprint density at radius 3 is 2.62 bits per heavy atom. The maximum absolute atomic E-state index is 12.2. The Morgan fingerprint density at radius 1 is 1.14 bits per heavy atom. The smallest absolute Gasteiger partial charge is 0.251 e. The lowest BCUT2D eigenvalue weighted by molar-refractivity contribution is 0.0940. The zero-order valence-corrected chi connectivity index (χ0v) is 12.2. The minimum absolute atomic E-state index is 0.136. The minimum atomic E-state index is -0.142. The highest BCUT2D eigenvalue weighted by Gasteiger charge is 2.17. The number of halogens is 1. The minimum Gasteiger partial charge on any atom is -0.454 e. The molecule has 21 heavy (non-hydrogen) atoms. The number of fused-ring (bicyclic) bond motifs is 1. The molecule has 0 bridgehead atoms. The van der Waals surface area contributed by atoms with Crippen LogP contribution in [0.5, 0.6) is 11.5 Å². The van der Waals surface area contributed by atoms with Crippen molar-refractivity contribution in [1.29, 1.82) is 0 Å². The molecular formula is C16H14ClNO3. The zero-order valence-electron chi connectivity index (χ0n) is 11.4. The summed E-state index contributed by atoms with van der Waals surface area (Å²) in [7, 11) is 0. The lowest BCUT2D eigenvalue weighted by Crippen LogP contribution is -2.26. The van der Waals surface area contributed by atoms with E-state index in [4.69, 9.17) is 21.1 Å². The fraction of sp³-hybridized carbons (Fsp3) is 0.188. The van der Waals surface area contributed by atoms with Crippen molar-refractivity contribution in [3.8, 4) is 11.5 Å². The van der Waals surface area contributed by atoms with Crippen molar-refractivity contribution in [2.24, 2.45) is 0 Å². The molecule has 0 spiro atoms. The molecule has 0 aliphatic carbocycles. The molecule has 4 nitrogen and oxygen atoms in total. The summed E-state index contributed by atoms with van der Waals surface area (Å²) in [4.78, 5) is 12.2. The molecule has 1 unspecified atom stereocenters. The van der Waals surface area contributed by atoms with Gasteiger partial charge in [-0.15, -0.1) is 0 Å². The summed E-state index contributed by atoms with van der Waals surface area (Å²) >= 11 is 5.81. The fourth-order valence-electron chi connectivity index (χ4n) is 2.15. The molecule has 0 saturated carbocycles. The zero-order chi connectivity index (χ0) is 14.8. The molecule has 0 saturated heterocycles. The summed E-state index contributed by atoms with van der Waals surface area (Å²) in [5.74, 6) is 1.30. The summed E-state index contributed by atoms with van der Waals surface area (Å²) in [6.45, 7) is 2.16. The van der Waals surface area contributed by atoms with Gasteiger partial charge in [-0.1, -0.05) is 17.7 Å². The number of amides is 1. The van der Waals surface area contributed by atoms with E-state index in [0.29, 0.717) is 16.3 Å². The molecule has 1 heterocycles. The maximum Gasteiger partial charge on any atom is 0.251 e. The Bertz CT molecular complexity index is 670. The summed E-state index contributed by atoms with van der Waals surface area (Å²) in [6.07, 6.45) is 0. The van der Waals surface area contributed by atoms with E-state index < -0.39 is 0 Å². The molecule has 1 atom stereocenters. The van der Waals surface area contributed by atoms with E-state index in [1.807, 2.05) is 25.1 Å². The first-order chi connectivity index (χ1) is 10.1. The number of rotatable bonds is 3. The van der Waals surface area contributed by atoms with Gasteiger partial charge in [-0.05, 0) is 48.9 Å². The number of carbonyl (C=O) groups excluding carboxylic acids is 1. The predicted molar refractivity (Wildman–Crippen MR) is 79.9 cm³/mol. The van der Waals surface area contributed by atoms with Crippen LogP contribution < -0.4 is 14.8 Å². The van der Waals surface area contributed by atoms with Crippen molar-refractivity contribution >= 4 is 17.5 Å². The summed E-state index contributed by atoms with van der Waals surface area (Å²) < 4.78 is 10.6. The van der Waals surface area contributed by atoms with Crippen molar-refractivity contribution in [2.75, 3.05) is 6.79 Å². The van der Waals surface area contributed by atoms with Gasteiger partial charge in [-0.2, -0.15) is 0 Å². The van der Waals surface area contributed by atoms with E-state index in [-0.39, 0.29) is 18.7 Å². The van der Waals surface area contributed by atoms with Gasteiger partial charge in [0.15, 0.2) is 11.5 Å². The Balaban J connectivity index is 1.72. The van der Waals surface area contributed by atoms with Gasteiger partial charge in [-0.3, -0.25) is 4.79 Å². The van der Waals surface area contributed by atoms with E-state index in [0.717, 1.165) is 11.3 Å². The van der Waals surface area contributed by atoms with Crippen LogP contribution in [0.4, 0.5) is 0 Å². The van der Waals surface area contributed by atoms with Gasteiger partial charge in [0.1, 0.15) is 0 Å². The first-order valence-corrected chi connectivity index (χ1v) is 6.97. The van der Waals surface area contributed by atoms with Crippen LogP contribution in [0.1, 0.15) is 28.9 Å². The molecule has 1 aliphatic heterocycles. The van der Waals surface area contributed by atoms with Gasteiger partial charge in [0.25, 0.3) is 5.91 Å². The maximum atomic E-state index is 12.2. The lowest BCUT2D eigenvalue weighted by atomic mass is 10.1. The van der Waals surface area contributed by atoms with Crippen molar-refractivity contribution in [3.63, 3.8) is 0 Å². The highest BCUT2D eigenvalue weighted by molar-refractivity contribution is 6.30. The lowest BCUT2D eigenvalue weighted by Gasteiger charge is -2.15. The molecule has 1 aliphatic rings. The van der Waals surface area contributed by atoms with Crippen LogP contribution in [0.2, 0.25) is 5.02 Å². The van der Waals surface area contributed by atoms with Crippen molar-refractivity contribution in [1.82, 2.24) is 5.32 Å². The van der Waals surface area contributed by atoms with Crippen molar-refractivity contribution in [2.45, 2.75) is 13.0 Å². The van der Waals surface area contributed by atoms with Crippen molar-refractivity contribution < 1.29 is 14.3 Å². The normalized spacial score (nSPS) is 13.8. The van der Waals surface area contributed by atoms with E-state index in [1.165, 1.54) is 0 Å². The highest BCUT2D eigenvalue weighted by atomic mass is 35.5. The van der Waals surface area contributed by atoms with Crippen LogP contribution in [-0.2, 0) is 0 Å². The monoisotopic (exact) mass is 303 g/mol. The predicted octanol–water partition coefficient (Wildman–Crippen LogP) is 3.56. The molecule has 1 amide bonds. The third-order valence-corrected chi connectivity index (χ3v) is 3.60. The Hall–Kier alpha value is -2.20. The van der Waals surface area contributed by atoms with Crippen LogP contribution in [0.25, 0.3) is 0 Å². The molecule has 108 valence electrons. The molecule has 2 aromatic carbocycles. The number of nitrogens with one attached hydrogen (secondary N) is 1. The van der Waals surface area contributed by atoms with Gasteiger partial charge in [0.05, 0.1) is 6.04 Å². The van der Waals surface area contributed by atoms with Gasteiger partial charge in [-0.25, -0.2) is 0 Å². The SMILES string of the molecule is CC(NC(=O)c1ccc(Cl)cc1)c1ccc2c(c1)OCO2. The summed E-state index contributed by atoms with van der Waals surface area (Å²) in [5.41, 5.74) is 1.54. The number of benzene rings is 2. The van der Waals surface area contributed by atoms with E-state index in [1.54, 1.807) is 24.3 Å². The van der Waals surface area contributed by atoms with Gasteiger partial charge < -0.3 is 14.8 Å². The van der Waals surface area contributed by atoms with Gasteiger partial charge >= 0.3 is 0 Å². The topological polar surface area (TPSA) is 47.6 Å². The van der Waals surface area contributed by atoms with Gasteiger partial charge in [0, 0.05) is 10.6 Å². The molecular weight excluding hydrogens is 290 g/mol. The standard InChI is InChI=1S/C16H14ClNO3/c1-10(12-4-7-14-15(8-12)21-9-20-14)18-16(19)11-2-5-13(17)6-3-11/h2-8,10H,9H2,1H3,(H,18,19). The third-order valence-electron chi connectivity index (χ3n) is 3.35. The van der Waals surface area contributed by atoms with E-state index in [9.17, 15) is 4.79 Å². The molecule has 2 aromatic rings. The molecule has 5 heteroatoms. The Kier molecular flexibility index (Phi) is 3.71. The largest absolute Gasteiger partial charge is 0.454 e. The molecule has 1 N–H and O–H groups in total. The number of ether oxygens (including phenoxy) is 2. The van der Waals surface area contributed by atoms with Crippen LogP contribution in [0.15, 0.2) is 42.5 Å². The van der Waals surface area contributed by atoms with Crippen LogP contribution in [0.3, 0.4) is 0 Å². The van der Waals surface area contributed by atoms with Crippen LogP contribution >= 0.6 is 11.6 Å². The van der Waals surface area contributed by atoms with E-state index in [2.05, 4.69) is 5.32 Å². The Morgan fingerprint density at radius 2 is 1.86 bits per heavy atom. The first kappa shape index (κ1) is 13.8. The first-order valence-electron chi connectivity index (χ1n) is 6.59. The molecule has 3 rings (SSSR count). The quantitative estimate of drug-likeness (QED) is 0.943. The highest BCUT2D eigenvalue weighted by Crippen LogP contribution is 2.34. The Labute approximate surface area is 127 Å². The number of hydrogen-bond donors (Lipinski definition) is 1. The average Bonchev–Trinajstić information content (AvgIpc) is 2.95. The molecule has 0 fully saturated rings. The van der Waals surface area contributed by atoms with E-state index >= 15 is 0 Å². The van der Waals surface area contributed by atoms with Crippen molar-refractivity contribution in [3.05, 3.63) is 58.6 Å². The fourth-order valence-corrected chi connectivity index (χ4v) is 2.27. The second-order valence-electron chi connectivity index (χ2n) is 4.81. The second-order valence-corrected chi connectivity index (χ2v) is 5.25. The molecule has 0 aromatic heterocycles. The van der Waals surface area contributed by atoms with Crippen LogP contribution in [0, 0.1) is 0 Å². The third kappa shape index (κ3) is 2.95. The number of hydrogen-bond acceptors (Lipinski definition) is 3. The second kappa shape index (κ2) is 5.66. The summed E-state index contributed by atoms with van der Waals surface area (Å²) in [6, 6.07) is 12.3. The molecule has 0 radical (unpaired) electrons. The average molecular weight is 304 g/mol. The number of carbonyl (C=O) groups is 1. The summed E-state index contributed by atoms with van der Waals surface area (Å²) in [5, 5.41) is 3.55. The van der Waals surface area contributed by atoms with Gasteiger partial charge in [0.2, 0.25) is 6.79 Å². The van der Waals surface area contributed by atoms with Crippen LogP contribution in [-0.4, -0.2) is 12.7 Å².